The Balaban J connectivity index is 2.52. The molecule has 0 aliphatic rings. The van der Waals surface area contributed by atoms with Gasteiger partial charge in [-0.3, -0.25) is 4.55 Å². The fraction of sp³-hybridized carbons (Fsp3) is 0.143. The zero-order valence-corrected chi connectivity index (χ0v) is 11.7. The Labute approximate surface area is 127 Å². The van der Waals surface area contributed by atoms with Gasteiger partial charge >= 0.3 is 6.18 Å². The second-order valence-corrected chi connectivity index (χ2v) is 4.70. The molecule has 8 heteroatoms. The van der Waals surface area contributed by atoms with Crippen LogP contribution in [0.5, 0.6) is 11.5 Å². The Bertz CT molecular complexity index is 628. The van der Waals surface area contributed by atoms with Crippen LogP contribution in [0.3, 0.4) is 0 Å². The van der Waals surface area contributed by atoms with Crippen molar-refractivity contribution in [3.05, 3.63) is 59.7 Å². The first-order valence-electron chi connectivity index (χ1n) is 5.93. The molecule has 0 radical (unpaired) electrons. The van der Waals surface area contributed by atoms with Crippen molar-refractivity contribution in [1.82, 2.24) is 0 Å². The van der Waals surface area contributed by atoms with Crippen molar-refractivity contribution in [3.8, 4) is 11.5 Å². The second-order valence-electron chi connectivity index (χ2n) is 4.39. The molecule has 0 heterocycles. The lowest BCUT2D eigenvalue weighted by molar-refractivity contribution is -0.219. The normalized spacial score (nSPS) is 14.4. The van der Waals surface area contributed by atoms with E-state index in [0.29, 0.717) is 0 Å². The summed E-state index contributed by atoms with van der Waals surface area (Å²) in [7, 11) is 0. The molecule has 2 rings (SSSR count). The molecular weight excluding hydrogens is 324 g/mol. The summed E-state index contributed by atoms with van der Waals surface area (Å²) in [6, 6.07) is 7.77. The van der Waals surface area contributed by atoms with Gasteiger partial charge in [-0.2, -0.15) is 13.2 Å². The van der Waals surface area contributed by atoms with Crippen molar-refractivity contribution < 1.29 is 31.4 Å². The summed E-state index contributed by atoms with van der Waals surface area (Å²) in [6.07, 6.45) is -5.20. The maximum Gasteiger partial charge on any atom is 0.431 e. The highest BCUT2D eigenvalue weighted by molar-refractivity contribution is 7.89. The lowest BCUT2D eigenvalue weighted by Gasteiger charge is -2.29. The molecule has 1 atom stereocenters. The van der Waals surface area contributed by atoms with E-state index in [2.05, 4.69) is 4.18 Å². The Hall–Kier alpha value is -1.93. The Kier molecular flexibility index (Phi) is 4.52. The molecule has 2 aromatic carbocycles. The molecule has 1 unspecified atom stereocenters. The fourth-order valence-electron chi connectivity index (χ4n) is 1.97. The molecule has 3 nitrogen and oxygen atoms in total. The number of phenolic OH excluding ortho intramolecular Hbond substituents is 1. The third-order valence-electron chi connectivity index (χ3n) is 3.04. The lowest BCUT2D eigenvalue weighted by atomic mass is 9.87. The minimum atomic E-state index is -5.20. The van der Waals surface area contributed by atoms with E-state index in [9.17, 15) is 17.6 Å². The maximum atomic E-state index is 14.9. The van der Waals surface area contributed by atoms with Crippen LogP contribution in [-0.2, 0) is 5.67 Å². The fourth-order valence-corrected chi connectivity index (χ4v) is 2.17. The van der Waals surface area contributed by atoms with Crippen LogP contribution in [0.1, 0.15) is 11.1 Å². The van der Waals surface area contributed by atoms with Gasteiger partial charge in [0.05, 0.1) is 0 Å². The smallest absolute Gasteiger partial charge is 0.431 e. The summed E-state index contributed by atoms with van der Waals surface area (Å²) < 4.78 is 68.0. The first kappa shape index (κ1) is 16.4. The zero-order chi connectivity index (χ0) is 16.4. The molecule has 22 heavy (non-hydrogen) atoms. The van der Waals surface area contributed by atoms with Crippen molar-refractivity contribution >= 4 is 12.3 Å². The van der Waals surface area contributed by atoms with Crippen molar-refractivity contribution in [2.75, 3.05) is 0 Å². The molecule has 0 fully saturated rings. The van der Waals surface area contributed by atoms with Gasteiger partial charge in [-0.25, -0.2) is 4.39 Å². The molecule has 0 bridgehead atoms. The minimum Gasteiger partial charge on any atom is -0.508 e. The molecule has 2 aromatic rings. The van der Waals surface area contributed by atoms with Crippen LogP contribution in [0.25, 0.3) is 0 Å². The second kappa shape index (κ2) is 6.05. The van der Waals surface area contributed by atoms with Crippen molar-refractivity contribution in [2.24, 2.45) is 0 Å². The summed E-state index contributed by atoms with van der Waals surface area (Å²) in [5, 5.41) is 9.15. The first-order valence-corrected chi connectivity index (χ1v) is 6.62. The molecule has 118 valence electrons. The maximum absolute atomic E-state index is 14.9. The average molecular weight is 334 g/mol. The van der Waals surface area contributed by atoms with E-state index in [0.717, 1.165) is 48.5 Å². The highest BCUT2D eigenvalue weighted by atomic mass is 32.2. The predicted octanol–water partition coefficient (Wildman–Crippen LogP) is 4.67. The van der Waals surface area contributed by atoms with E-state index >= 15 is 0 Å². The number of phenols is 1. The van der Waals surface area contributed by atoms with Gasteiger partial charge in [0.1, 0.15) is 11.5 Å². The number of benzene rings is 2. The zero-order valence-electron chi connectivity index (χ0n) is 10.8. The monoisotopic (exact) mass is 334 g/mol. The van der Waals surface area contributed by atoms with Gasteiger partial charge in [-0.05, 0) is 24.3 Å². The number of rotatable bonds is 4. The van der Waals surface area contributed by atoms with Crippen LogP contribution in [0.4, 0.5) is 17.6 Å². The van der Waals surface area contributed by atoms with Gasteiger partial charge in [0.15, 0.2) is 0 Å². The third-order valence-corrected chi connectivity index (χ3v) is 3.31. The van der Waals surface area contributed by atoms with Gasteiger partial charge in [-0.15, -0.1) is 0 Å². The van der Waals surface area contributed by atoms with Crippen molar-refractivity contribution in [3.63, 3.8) is 0 Å². The standard InChI is InChI=1S/C14H10F4O3S/c15-13(14(16,17)18,9-1-5-11(19)6-2-9)10-3-7-12(8-4-10)21-22-20/h1-8,19-20H. The first-order chi connectivity index (χ1) is 10.3. The van der Waals surface area contributed by atoms with E-state index in [4.69, 9.17) is 9.66 Å². The summed E-state index contributed by atoms with van der Waals surface area (Å²) in [4.78, 5) is 0. The average Bonchev–Trinajstić information content (AvgIpc) is 2.47. The quantitative estimate of drug-likeness (QED) is 0.630. The summed E-state index contributed by atoms with van der Waals surface area (Å²) in [5.41, 5.74) is -5.02. The van der Waals surface area contributed by atoms with Crippen LogP contribution in [0.2, 0.25) is 0 Å². The number of alkyl halides is 4. The van der Waals surface area contributed by atoms with Gasteiger partial charge in [0, 0.05) is 11.1 Å². The van der Waals surface area contributed by atoms with Crippen LogP contribution in [0.15, 0.2) is 48.5 Å². The molecule has 0 saturated carbocycles. The highest BCUT2D eigenvalue weighted by Crippen LogP contribution is 2.48. The largest absolute Gasteiger partial charge is 0.508 e. The number of aromatic hydroxyl groups is 1. The van der Waals surface area contributed by atoms with Gasteiger partial charge < -0.3 is 9.29 Å². The minimum absolute atomic E-state index is 0.0278. The van der Waals surface area contributed by atoms with Gasteiger partial charge in [-0.1, -0.05) is 24.3 Å². The SMILES string of the molecule is OSOc1ccc(C(F)(c2ccc(O)cc2)C(F)(F)F)cc1. The Morgan fingerprint density at radius 1 is 0.818 bits per heavy atom. The van der Waals surface area contributed by atoms with E-state index in [-0.39, 0.29) is 23.8 Å². The van der Waals surface area contributed by atoms with Crippen molar-refractivity contribution in [2.45, 2.75) is 11.8 Å². The van der Waals surface area contributed by atoms with E-state index in [1.165, 1.54) is 0 Å². The molecule has 2 N–H and O–H groups in total. The summed E-state index contributed by atoms with van der Waals surface area (Å²) in [5.74, 6) is -0.191. The lowest BCUT2D eigenvalue weighted by Crippen LogP contribution is -2.39. The van der Waals surface area contributed by atoms with Gasteiger partial charge in [0.2, 0.25) is 12.3 Å². The van der Waals surface area contributed by atoms with Crippen LogP contribution in [0, 0.1) is 0 Å². The number of halogens is 4. The van der Waals surface area contributed by atoms with Crippen LogP contribution in [-0.4, -0.2) is 15.8 Å². The molecule has 0 aliphatic heterocycles. The predicted molar refractivity (Wildman–Crippen MR) is 73.3 cm³/mol. The van der Waals surface area contributed by atoms with Crippen LogP contribution >= 0.6 is 12.3 Å². The van der Waals surface area contributed by atoms with E-state index < -0.39 is 23.0 Å². The Morgan fingerprint density at radius 2 is 1.27 bits per heavy atom. The molecular formula is C14H10F4O3S. The van der Waals surface area contributed by atoms with Crippen LogP contribution < -0.4 is 4.18 Å². The summed E-state index contributed by atoms with van der Waals surface area (Å²) in [6.45, 7) is 0. The van der Waals surface area contributed by atoms with Gasteiger partial charge in [0.25, 0.3) is 5.67 Å². The highest BCUT2D eigenvalue weighted by Gasteiger charge is 2.58. The Morgan fingerprint density at radius 3 is 1.68 bits per heavy atom. The number of hydrogen-bond acceptors (Lipinski definition) is 4. The molecule has 0 spiro atoms. The van der Waals surface area contributed by atoms with E-state index in [1.54, 1.807) is 0 Å². The molecule has 0 aliphatic carbocycles. The third kappa shape index (κ3) is 2.97. The molecule has 0 saturated heterocycles. The topological polar surface area (TPSA) is 49.7 Å². The van der Waals surface area contributed by atoms with Crippen molar-refractivity contribution in [1.29, 1.82) is 0 Å². The molecule has 0 amide bonds. The summed E-state index contributed by atoms with van der Waals surface area (Å²) >= 11 is 0.0278. The van der Waals surface area contributed by atoms with E-state index in [1.807, 2.05) is 0 Å². The number of hydrogen-bond donors (Lipinski definition) is 2. The molecule has 0 aromatic heterocycles.